The summed E-state index contributed by atoms with van der Waals surface area (Å²) in [7, 11) is 0. The zero-order valence-corrected chi connectivity index (χ0v) is 14.5. The molecule has 0 aliphatic rings. The van der Waals surface area contributed by atoms with Crippen LogP contribution in [0.15, 0.2) is 65.9 Å². The van der Waals surface area contributed by atoms with E-state index < -0.39 is 0 Å². The van der Waals surface area contributed by atoms with Crippen LogP contribution in [0.25, 0.3) is 11.5 Å². The van der Waals surface area contributed by atoms with Crippen molar-refractivity contribution in [3.8, 4) is 11.5 Å². The van der Waals surface area contributed by atoms with Crippen molar-refractivity contribution < 1.29 is 14.0 Å². The van der Waals surface area contributed by atoms with Gasteiger partial charge < -0.3 is 4.42 Å². The third-order valence-electron chi connectivity index (χ3n) is 3.55. The highest BCUT2D eigenvalue weighted by Gasteiger charge is 2.24. The Hall–Kier alpha value is -3.72. The maximum atomic E-state index is 12.8. The lowest BCUT2D eigenvalue weighted by molar-refractivity contribution is 0.102. The van der Waals surface area contributed by atoms with Crippen molar-refractivity contribution in [1.82, 2.24) is 19.9 Å². The van der Waals surface area contributed by atoms with Gasteiger partial charge in [0.2, 0.25) is 5.78 Å². The molecule has 0 spiro atoms. The van der Waals surface area contributed by atoms with E-state index in [-0.39, 0.29) is 22.5 Å². The van der Waals surface area contributed by atoms with E-state index in [1.54, 1.807) is 24.3 Å². The van der Waals surface area contributed by atoms with Crippen LogP contribution >= 0.6 is 11.3 Å². The van der Waals surface area contributed by atoms with E-state index in [0.717, 1.165) is 11.3 Å². The second-order valence-corrected chi connectivity index (χ2v) is 6.28. The first-order valence-electron chi connectivity index (χ1n) is 7.79. The van der Waals surface area contributed by atoms with E-state index in [4.69, 9.17) is 4.42 Å². The molecule has 9 heteroatoms. The van der Waals surface area contributed by atoms with Gasteiger partial charge in [0.25, 0.3) is 5.91 Å². The summed E-state index contributed by atoms with van der Waals surface area (Å²) in [4.78, 5) is 41.7. The number of carbonyl (C=O) groups excluding carboxylic acids is 2. The average Bonchev–Trinajstić information content (AvgIpc) is 3.38. The lowest BCUT2D eigenvalue weighted by Crippen LogP contribution is -2.11. The molecular formula is C18H11N5O3S. The minimum Gasteiger partial charge on any atom is -0.463 e. The Balaban J connectivity index is 1.70. The van der Waals surface area contributed by atoms with Crippen LogP contribution in [0.4, 0.5) is 5.13 Å². The molecule has 4 rings (SSSR count). The molecule has 4 aromatic rings. The number of nitrogens with zero attached hydrogens (tertiary/aromatic N) is 4. The number of anilines is 1. The van der Waals surface area contributed by atoms with E-state index >= 15 is 0 Å². The third-order valence-corrected chi connectivity index (χ3v) is 4.52. The summed E-state index contributed by atoms with van der Waals surface area (Å²) < 4.78 is 5.38. The Morgan fingerprint density at radius 2 is 1.89 bits per heavy atom. The standard InChI is InChI=1S/C18H11N5O3S/c24-15(12-10-20-7-8-21-12)16-14(13-2-1-9-26-13)22-18(27-16)23-17(25)11-3-5-19-6-4-11/h1-10H,(H,22,23,25). The van der Waals surface area contributed by atoms with Gasteiger partial charge in [-0.15, -0.1) is 0 Å². The van der Waals surface area contributed by atoms with Gasteiger partial charge in [-0.3, -0.25) is 24.9 Å². The number of hydrogen-bond acceptors (Lipinski definition) is 8. The van der Waals surface area contributed by atoms with Gasteiger partial charge in [-0.1, -0.05) is 11.3 Å². The second kappa shape index (κ2) is 7.26. The van der Waals surface area contributed by atoms with E-state index in [1.165, 1.54) is 37.2 Å². The maximum Gasteiger partial charge on any atom is 0.257 e. The monoisotopic (exact) mass is 377 g/mol. The molecule has 0 aliphatic heterocycles. The van der Waals surface area contributed by atoms with Crippen LogP contribution in [0, 0.1) is 0 Å². The molecule has 27 heavy (non-hydrogen) atoms. The highest BCUT2D eigenvalue weighted by Crippen LogP contribution is 2.33. The average molecular weight is 377 g/mol. The number of carbonyl (C=O) groups is 2. The second-order valence-electron chi connectivity index (χ2n) is 5.28. The van der Waals surface area contributed by atoms with Crippen LogP contribution in [-0.2, 0) is 0 Å². The Kier molecular flexibility index (Phi) is 4.50. The summed E-state index contributed by atoms with van der Waals surface area (Å²) in [5, 5.41) is 2.97. The molecule has 8 nitrogen and oxygen atoms in total. The van der Waals surface area contributed by atoms with Crippen LogP contribution in [0.2, 0.25) is 0 Å². The summed E-state index contributed by atoms with van der Waals surface area (Å²) >= 11 is 1.05. The zero-order valence-electron chi connectivity index (χ0n) is 13.7. The number of amides is 1. The Morgan fingerprint density at radius 3 is 2.59 bits per heavy atom. The van der Waals surface area contributed by atoms with E-state index in [9.17, 15) is 9.59 Å². The number of ketones is 1. The molecule has 1 amide bonds. The van der Waals surface area contributed by atoms with Gasteiger partial charge in [-0.2, -0.15) is 0 Å². The fraction of sp³-hybridized carbons (Fsp3) is 0. The molecule has 0 saturated carbocycles. The van der Waals surface area contributed by atoms with Crippen LogP contribution in [-0.4, -0.2) is 31.6 Å². The van der Waals surface area contributed by atoms with Crippen LogP contribution in [0.5, 0.6) is 0 Å². The molecule has 0 unspecified atom stereocenters. The highest BCUT2D eigenvalue weighted by atomic mass is 32.1. The van der Waals surface area contributed by atoms with E-state index in [2.05, 4.69) is 25.3 Å². The minimum atomic E-state index is -0.351. The number of furan rings is 1. The first-order chi connectivity index (χ1) is 13.2. The van der Waals surface area contributed by atoms with Crippen molar-refractivity contribution in [3.63, 3.8) is 0 Å². The van der Waals surface area contributed by atoms with Gasteiger partial charge in [0.1, 0.15) is 16.3 Å². The van der Waals surface area contributed by atoms with E-state index in [1.807, 2.05) is 0 Å². The Labute approximate surface area is 157 Å². The summed E-state index contributed by atoms with van der Waals surface area (Å²) in [5.41, 5.74) is 0.952. The van der Waals surface area contributed by atoms with Gasteiger partial charge in [0, 0.05) is 30.4 Å². The summed E-state index contributed by atoms with van der Waals surface area (Å²) in [5.74, 6) is -0.282. The normalized spacial score (nSPS) is 10.5. The first-order valence-corrected chi connectivity index (χ1v) is 8.61. The molecular weight excluding hydrogens is 366 g/mol. The zero-order chi connectivity index (χ0) is 18.6. The topological polar surface area (TPSA) is 111 Å². The van der Waals surface area contributed by atoms with Gasteiger partial charge in [0.05, 0.1) is 12.5 Å². The fourth-order valence-electron chi connectivity index (χ4n) is 2.31. The molecule has 0 radical (unpaired) electrons. The Bertz CT molecular complexity index is 1080. The predicted molar refractivity (Wildman–Crippen MR) is 97.5 cm³/mol. The Morgan fingerprint density at radius 1 is 1.04 bits per heavy atom. The van der Waals surface area contributed by atoms with Gasteiger partial charge in [-0.05, 0) is 24.3 Å². The molecule has 1 N–H and O–H groups in total. The molecule has 0 bridgehead atoms. The number of hydrogen-bond donors (Lipinski definition) is 1. The highest BCUT2D eigenvalue weighted by molar-refractivity contribution is 7.18. The molecule has 0 aliphatic carbocycles. The number of aromatic nitrogens is 4. The molecule has 0 atom stereocenters. The SMILES string of the molecule is O=C(Nc1nc(-c2ccco2)c(C(=O)c2cnccn2)s1)c1ccncc1. The van der Waals surface area contributed by atoms with Crippen LogP contribution in [0.1, 0.15) is 25.7 Å². The van der Waals surface area contributed by atoms with Crippen LogP contribution < -0.4 is 5.32 Å². The van der Waals surface area contributed by atoms with Crippen molar-refractivity contribution in [2.45, 2.75) is 0 Å². The largest absolute Gasteiger partial charge is 0.463 e. The van der Waals surface area contributed by atoms with Crippen LogP contribution in [0.3, 0.4) is 0 Å². The van der Waals surface area contributed by atoms with Crippen molar-refractivity contribution in [2.24, 2.45) is 0 Å². The molecule has 0 fully saturated rings. The number of pyridine rings is 1. The minimum absolute atomic E-state index is 0.181. The summed E-state index contributed by atoms with van der Waals surface area (Å²) in [6, 6.07) is 6.56. The van der Waals surface area contributed by atoms with Gasteiger partial charge >= 0.3 is 0 Å². The number of rotatable bonds is 5. The quantitative estimate of drug-likeness (QED) is 0.532. The van der Waals surface area contributed by atoms with E-state index in [0.29, 0.717) is 21.9 Å². The van der Waals surface area contributed by atoms with Crippen molar-refractivity contribution in [2.75, 3.05) is 5.32 Å². The summed E-state index contributed by atoms with van der Waals surface area (Å²) in [6.45, 7) is 0. The maximum absolute atomic E-state index is 12.8. The number of thiazole rings is 1. The lowest BCUT2D eigenvalue weighted by Gasteiger charge is -2.00. The molecule has 4 aromatic heterocycles. The van der Waals surface area contributed by atoms with Crippen molar-refractivity contribution in [1.29, 1.82) is 0 Å². The fourth-order valence-corrected chi connectivity index (χ4v) is 3.23. The summed E-state index contributed by atoms with van der Waals surface area (Å²) in [6.07, 6.45) is 8.83. The van der Waals surface area contributed by atoms with Gasteiger partial charge in [0.15, 0.2) is 10.9 Å². The molecule has 4 heterocycles. The number of nitrogens with one attached hydrogen (secondary N) is 1. The lowest BCUT2D eigenvalue weighted by atomic mass is 10.2. The van der Waals surface area contributed by atoms with Gasteiger partial charge in [-0.25, -0.2) is 9.97 Å². The van der Waals surface area contributed by atoms with Crippen molar-refractivity contribution >= 4 is 28.2 Å². The predicted octanol–water partition coefficient (Wildman–Crippen LogP) is 3.07. The first kappa shape index (κ1) is 16.7. The smallest absolute Gasteiger partial charge is 0.257 e. The molecule has 132 valence electrons. The van der Waals surface area contributed by atoms with Crippen molar-refractivity contribution in [3.05, 3.63) is 77.6 Å². The molecule has 0 aromatic carbocycles. The third kappa shape index (κ3) is 3.48. The molecule has 0 saturated heterocycles.